The maximum atomic E-state index is 12.1. The Morgan fingerprint density at radius 3 is 2.76 bits per heavy atom. The number of primary amides is 1. The highest BCUT2D eigenvalue weighted by Crippen LogP contribution is 2.57. The Labute approximate surface area is 126 Å². The van der Waals surface area contributed by atoms with E-state index in [1.54, 1.807) is 7.11 Å². The molecular formula is C18H25NO2. The van der Waals surface area contributed by atoms with Gasteiger partial charge in [0, 0.05) is 5.41 Å². The standard InChI is InChI=1S/C18H25NO2/c1-17-9-4-10-18(2,16(19)20)15(17)8-6-12-5-7-13(21-3)11-14(12)17/h5,7,11,15H,4,6,8-10H2,1-3H3,(H2,19,20)/t15-,17-,18+/m1/s1. The lowest BCUT2D eigenvalue weighted by Gasteiger charge is -2.54. The SMILES string of the molecule is COc1ccc2c(c1)[C@@]1(C)CCC[C@](C)(C(N)=O)[C@@H]1CC2. The second kappa shape index (κ2) is 4.75. The third-order valence-electron chi connectivity index (χ3n) is 6.13. The van der Waals surface area contributed by atoms with Crippen LogP contribution < -0.4 is 10.5 Å². The second-order valence-electron chi connectivity index (χ2n) is 7.17. The molecule has 3 nitrogen and oxygen atoms in total. The van der Waals surface area contributed by atoms with Crippen LogP contribution in [-0.2, 0) is 16.6 Å². The largest absolute Gasteiger partial charge is 0.497 e. The normalized spacial score (nSPS) is 34.7. The van der Waals surface area contributed by atoms with Gasteiger partial charge in [-0.15, -0.1) is 0 Å². The number of ether oxygens (including phenoxy) is 1. The van der Waals surface area contributed by atoms with Gasteiger partial charge in [0.05, 0.1) is 7.11 Å². The highest BCUT2D eigenvalue weighted by Gasteiger charge is 2.54. The minimum absolute atomic E-state index is 0.0319. The van der Waals surface area contributed by atoms with E-state index in [2.05, 4.69) is 26.0 Å². The lowest BCUT2D eigenvalue weighted by Crippen LogP contribution is -2.54. The molecule has 2 aliphatic rings. The van der Waals surface area contributed by atoms with Crippen LogP contribution in [0.25, 0.3) is 0 Å². The lowest BCUT2D eigenvalue weighted by atomic mass is 9.49. The van der Waals surface area contributed by atoms with Crippen molar-refractivity contribution in [1.29, 1.82) is 0 Å². The minimum atomic E-state index is -0.381. The molecular weight excluding hydrogens is 262 g/mol. The number of methoxy groups -OCH3 is 1. The van der Waals surface area contributed by atoms with Gasteiger partial charge in [-0.3, -0.25) is 4.79 Å². The van der Waals surface area contributed by atoms with Crippen molar-refractivity contribution in [2.45, 2.75) is 51.4 Å². The van der Waals surface area contributed by atoms with Crippen molar-refractivity contribution >= 4 is 5.91 Å². The Hall–Kier alpha value is -1.51. The number of hydrogen-bond acceptors (Lipinski definition) is 2. The van der Waals surface area contributed by atoms with Gasteiger partial charge >= 0.3 is 0 Å². The number of amides is 1. The first-order chi connectivity index (χ1) is 9.91. The van der Waals surface area contributed by atoms with Gasteiger partial charge in [-0.05, 0) is 60.3 Å². The third kappa shape index (κ3) is 1.97. The zero-order valence-corrected chi connectivity index (χ0v) is 13.2. The second-order valence-corrected chi connectivity index (χ2v) is 7.17. The molecule has 0 saturated heterocycles. The van der Waals surface area contributed by atoms with Crippen molar-refractivity contribution in [2.75, 3.05) is 7.11 Å². The number of hydrogen-bond donors (Lipinski definition) is 1. The molecule has 0 unspecified atom stereocenters. The van der Waals surface area contributed by atoms with Crippen LogP contribution >= 0.6 is 0 Å². The zero-order chi connectivity index (χ0) is 15.3. The van der Waals surface area contributed by atoms with Crippen LogP contribution in [0.3, 0.4) is 0 Å². The maximum absolute atomic E-state index is 12.1. The van der Waals surface area contributed by atoms with E-state index in [0.29, 0.717) is 5.92 Å². The predicted octanol–water partition coefficient (Wildman–Crippen LogP) is 3.19. The topological polar surface area (TPSA) is 52.3 Å². The molecule has 1 aromatic rings. The Balaban J connectivity index is 2.12. The van der Waals surface area contributed by atoms with Crippen LogP contribution in [-0.4, -0.2) is 13.0 Å². The molecule has 0 aliphatic heterocycles. The Kier molecular flexibility index (Phi) is 3.27. The average molecular weight is 287 g/mol. The van der Waals surface area contributed by atoms with Crippen LogP contribution in [0.2, 0.25) is 0 Å². The summed E-state index contributed by atoms with van der Waals surface area (Å²) < 4.78 is 5.41. The Morgan fingerprint density at radius 1 is 1.33 bits per heavy atom. The number of carbonyl (C=O) groups is 1. The molecule has 0 bridgehead atoms. The first-order valence-corrected chi connectivity index (χ1v) is 7.89. The summed E-state index contributed by atoms with van der Waals surface area (Å²) in [7, 11) is 1.71. The predicted molar refractivity (Wildman–Crippen MR) is 83.3 cm³/mol. The van der Waals surface area contributed by atoms with Gasteiger partial charge in [-0.2, -0.15) is 0 Å². The van der Waals surface area contributed by atoms with Gasteiger partial charge in [-0.25, -0.2) is 0 Å². The lowest BCUT2D eigenvalue weighted by molar-refractivity contribution is -0.135. The summed E-state index contributed by atoms with van der Waals surface area (Å²) in [4.78, 5) is 12.1. The van der Waals surface area contributed by atoms with Crippen LogP contribution in [0.1, 0.15) is 50.7 Å². The molecule has 0 aromatic heterocycles. The number of carbonyl (C=O) groups excluding carboxylic acids is 1. The number of fused-ring (bicyclic) bond motifs is 3. The Morgan fingerprint density at radius 2 is 2.10 bits per heavy atom. The number of aryl methyl sites for hydroxylation is 1. The van der Waals surface area contributed by atoms with E-state index >= 15 is 0 Å². The number of benzene rings is 1. The van der Waals surface area contributed by atoms with Crippen molar-refractivity contribution in [2.24, 2.45) is 17.1 Å². The first kappa shape index (κ1) is 14.4. The highest BCUT2D eigenvalue weighted by atomic mass is 16.5. The van der Waals surface area contributed by atoms with Crippen LogP contribution in [0, 0.1) is 11.3 Å². The maximum Gasteiger partial charge on any atom is 0.223 e. The minimum Gasteiger partial charge on any atom is -0.497 e. The zero-order valence-electron chi connectivity index (χ0n) is 13.2. The summed E-state index contributed by atoms with van der Waals surface area (Å²) in [6, 6.07) is 6.40. The van der Waals surface area contributed by atoms with Crippen LogP contribution in [0.4, 0.5) is 0 Å². The van der Waals surface area contributed by atoms with Crippen LogP contribution in [0.15, 0.2) is 18.2 Å². The fourth-order valence-corrected chi connectivity index (χ4v) is 4.86. The summed E-state index contributed by atoms with van der Waals surface area (Å²) >= 11 is 0. The molecule has 2 N–H and O–H groups in total. The van der Waals surface area contributed by atoms with E-state index in [-0.39, 0.29) is 16.7 Å². The van der Waals surface area contributed by atoms with Gasteiger partial charge in [0.2, 0.25) is 5.91 Å². The molecule has 0 heterocycles. The molecule has 114 valence electrons. The average Bonchev–Trinajstić information content (AvgIpc) is 2.46. The summed E-state index contributed by atoms with van der Waals surface area (Å²) in [5.41, 5.74) is 8.20. The molecule has 3 atom stereocenters. The quantitative estimate of drug-likeness (QED) is 0.908. The first-order valence-electron chi connectivity index (χ1n) is 7.89. The summed E-state index contributed by atoms with van der Waals surface area (Å²) in [5.74, 6) is 1.10. The molecule has 1 fully saturated rings. The van der Waals surface area contributed by atoms with E-state index in [4.69, 9.17) is 10.5 Å². The monoisotopic (exact) mass is 287 g/mol. The van der Waals surface area contributed by atoms with E-state index in [1.807, 2.05) is 6.07 Å². The molecule has 1 saturated carbocycles. The molecule has 3 heteroatoms. The Bertz CT molecular complexity index is 583. The van der Waals surface area contributed by atoms with E-state index < -0.39 is 0 Å². The molecule has 0 spiro atoms. The van der Waals surface area contributed by atoms with Gasteiger partial charge in [0.1, 0.15) is 5.75 Å². The van der Waals surface area contributed by atoms with Gasteiger partial charge < -0.3 is 10.5 Å². The molecule has 21 heavy (non-hydrogen) atoms. The number of nitrogens with two attached hydrogens (primary N) is 1. The van der Waals surface area contributed by atoms with E-state index in [1.165, 1.54) is 11.1 Å². The summed E-state index contributed by atoms with van der Waals surface area (Å²) in [5, 5.41) is 0. The van der Waals surface area contributed by atoms with Gasteiger partial charge in [0.25, 0.3) is 0 Å². The third-order valence-corrected chi connectivity index (χ3v) is 6.13. The smallest absolute Gasteiger partial charge is 0.223 e. The fourth-order valence-electron chi connectivity index (χ4n) is 4.86. The van der Waals surface area contributed by atoms with Crippen LogP contribution in [0.5, 0.6) is 5.75 Å². The molecule has 1 aromatic carbocycles. The molecule has 2 aliphatic carbocycles. The van der Waals surface area contributed by atoms with Crippen molar-refractivity contribution in [1.82, 2.24) is 0 Å². The molecule has 3 rings (SSSR count). The summed E-state index contributed by atoms with van der Waals surface area (Å²) in [6.45, 7) is 4.39. The molecule has 1 amide bonds. The van der Waals surface area contributed by atoms with E-state index in [9.17, 15) is 4.79 Å². The highest BCUT2D eigenvalue weighted by molar-refractivity contribution is 5.81. The van der Waals surface area contributed by atoms with Crippen molar-refractivity contribution in [3.8, 4) is 5.75 Å². The molecule has 0 radical (unpaired) electrons. The van der Waals surface area contributed by atoms with Crippen molar-refractivity contribution < 1.29 is 9.53 Å². The summed E-state index contributed by atoms with van der Waals surface area (Å²) in [6.07, 6.45) is 5.18. The van der Waals surface area contributed by atoms with Gasteiger partial charge in [-0.1, -0.05) is 26.3 Å². The van der Waals surface area contributed by atoms with E-state index in [0.717, 1.165) is 37.9 Å². The number of rotatable bonds is 2. The van der Waals surface area contributed by atoms with Crippen molar-refractivity contribution in [3.05, 3.63) is 29.3 Å². The van der Waals surface area contributed by atoms with Gasteiger partial charge in [0.15, 0.2) is 0 Å². The van der Waals surface area contributed by atoms with Crippen molar-refractivity contribution in [3.63, 3.8) is 0 Å². The fraction of sp³-hybridized carbons (Fsp3) is 0.611.